The quantitative estimate of drug-likeness (QED) is 0.596. The Bertz CT molecular complexity index is 841. The average Bonchev–Trinajstić information content (AvgIpc) is 3.25. The molecule has 0 bridgehead atoms. The number of aliphatic hydroxyl groups is 1. The summed E-state index contributed by atoms with van der Waals surface area (Å²) < 4.78 is 5.08. The van der Waals surface area contributed by atoms with Gasteiger partial charge in [-0.25, -0.2) is 0 Å². The van der Waals surface area contributed by atoms with E-state index in [9.17, 15) is 14.7 Å². The number of rotatable bonds is 7. The number of aliphatic hydroxyl groups excluding tert-OH is 1. The van der Waals surface area contributed by atoms with Gasteiger partial charge in [-0.3, -0.25) is 9.59 Å². The lowest BCUT2D eigenvalue weighted by molar-refractivity contribution is -0.129. The molecule has 2 aromatic rings. The topological polar surface area (TPSA) is 66.8 Å². The highest BCUT2D eigenvalue weighted by Gasteiger charge is 2.44. The molecule has 1 N–H and O–H groups in total. The van der Waals surface area contributed by atoms with E-state index < -0.39 is 17.7 Å². The number of thiophene rings is 1. The third-order valence-electron chi connectivity index (χ3n) is 4.52. The van der Waals surface area contributed by atoms with E-state index >= 15 is 0 Å². The van der Waals surface area contributed by atoms with Gasteiger partial charge in [0.05, 0.1) is 16.5 Å². The highest BCUT2D eigenvalue weighted by Crippen LogP contribution is 2.40. The Morgan fingerprint density at radius 1 is 1.27 bits per heavy atom. The number of carbonyl (C=O) groups excluding carboxylic acids is 2. The molecule has 26 heavy (non-hydrogen) atoms. The molecule has 0 spiro atoms. The Hall–Kier alpha value is -2.44. The van der Waals surface area contributed by atoms with Crippen molar-refractivity contribution in [2.45, 2.75) is 19.4 Å². The smallest absolute Gasteiger partial charge is 0.290 e. The van der Waals surface area contributed by atoms with Crippen molar-refractivity contribution in [3.8, 4) is 0 Å². The molecular weight excluding hydrogens is 350 g/mol. The molecule has 0 saturated heterocycles. The van der Waals surface area contributed by atoms with Crippen LogP contribution in [0.2, 0.25) is 0 Å². The number of benzene rings is 1. The van der Waals surface area contributed by atoms with E-state index in [4.69, 9.17) is 4.74 Å². The number of ether oxygens (including phenoxy) is 1. The zero-order valence-corrected chi connectivity index (χ0v) is 15.6. The minimum atomic E-state index is -0.588. The van der Waals surface area contributed by atoms with Crippen LogP contribution in [0, 0.1) is 6.92 Å². The second kappa shape index (κ2) is 7.85. The molecule has 1 aromatic heterocycles. The molecule has 0 fully saturated rings. The van der Waals surface area contributed by atoms with Gasteiger partial charge in [0.25, 0.3) is 5.91 Å². The molecule has 2 heterocycles. The van der Waals surface area contributed by atoms with Crippen LogP contribution in [-0.4, -0.2) is 42.0 Å². The van der Waals surface area contributed by atoms with Gasteiger partial charge in [-0.15, -0.1) is 11.3 Å². The van der Waals surface area contributed by atoms with E-state index in [1.165, 1.54) is 11.3 Å². The van der Waals surface area contributed by atoms with E-state index in [-0.39, 0.29) is 11.4 Å². The first-order valence-corrected chi connectivity index (χ1v) is 9.31. The summed E-state index contributed by atoms with van der Waals surface area (Å²) in [5.74, 6) is -1.25. The van der Waals surface area contributed by atoms with Crippen molar-refractivity contribution in [1.82, 2.24) is 4.90 Å². The number of hydrogen-bond acceptors (Lipinski definition) is 5. The summed E-state index contributed by atoms with van der Waals surface area (Å²) in [7, 11) is 1.60. The zero-order chi connectivity index (χ0) is 18.7. The zero-order valence-electron chi connectivity index (χ0n) is 14.8. The largest absolute Gasteiger partial charge is 0.503 e. The molecule has 1 amide bonds. The minimum absolute atomic E-state index is 0.157. The molecule has 1 aliphatic heterocycles. The lowest BCUT2D eigenvalue weighted by Crippen LogP contribution is -2.33. The Labute approximate surface area is 156 Å². The molecule has 3 rings (SSSR count). The third kappa shape index (κ3) is 3.30. The maximum absolute atomic E-state index is 13.0. The second-order valence-electron chi connectivity index (χ2n) is 6.17. The fourth-order valence-corrected chi connectivity index (χ4v) is 3.93. The first-order chi connectivity index (χ1) is 12.6. The van der Waals surface area contributed by atoms with Crippen molar-refractivity contribution in [3.05, 3.63) is 69.1 Å². The van der Waals surface area contributed by atoms with Crippen molar-refractivity contribution < 1.29 is 19.4 Å². The van der Waals surface area contributed by atoms with Gasteiger partial charge in [-0.1, -0.05) is 30.3 Å². The Balaban J connectivity index is 2.05. The van der Waals surface area contributed by atoms with E-state index in [2.05, 4.69) is 0 Å². The molecule has 6 heteroatoms. The minimum Gasteiger partial charge on any atom is -0.503 e. The van der Waals surface area contributed by atoms with Crippen LogP contribution in [0.3, 0.4) is 0 Å². The van der Waals surface area contributed by atoms with Crippen molar-refractivity contribution in [2.75, 3.05) is 20.3 Å². The van der Waals surface area contributed by atoms with Crippen molar-refractivity contribution in [1.29, 1.82) is 0 Å². The van der Waals surface area contributed by atoms with Gasteiger partial charge in [0.1, 0.15) is 0 Å². The number of methoxy groups -OCH3 is 1. The Morgan fingerprint density at radius 2 is 2.04 bits per heavy atom. The molecule has 5 nitrogen and oxygen atoms in total. The van der Waals surface area contributed by atoms with Gasteiger partial charge < -0.3 is 14.7 Å². The summed E-state index contributed by atoms with van der Waals surface area (Å²) in [6.07, 6.45) is 0.623. The molecule has 0 aliphatic carbocycles. The van der Waals surface area contributed by atoms with Crippen LogP contribution in [-0.2, 0) is 9.53 Å². The fourth-order valence-electron chi connectivity index (χ4n) is 3.25. The average molecular weight is 371 g/mol. The van der Waals surface area contributed by atoms with Crippen LogP contribution < -0.4 is 0 Å². The van der Waals surface area contributed by atoms with E-state index in [1.54, 1.807) is 29.5 Å². The molecular formula is C20H21NO4S. The van der Waals surface area contributed by atoms with Crippen LogP contribution in [0.15, 0.2) is 53.1 Å². The summed E-state index contributed by atoms with van der Waals surface area (Å²) in [5, 5.41) is 12.3. The van der Waals surface area contributed by atoms with Gasteiger partial charge in [-0.05, 0) is 35.9 Å². The summed E-state index contributed by atoms with van der Waals surface area (Å²) in [6.45, 7) is 2.84. The number of carbonyl (C=O) groups is 2. The van der Waals surface area contributed by atoms with Crippen molar-refractivity contribution in [3.63, 3.8) is 0 Å². The number of ketones is 1. The standard InChI is InChI=1S/C20H21NO4S/c1-13-7-3-4-8-14(13)17-16(18(22)15-9-5-12-26-15)19(23)20(24)21(17)10-6-11-25-2/h3-5,7-9,12,17,23H,6,10-11H2,1-2H3. The molecule has 1 aromatic carbocycles. The highest BCUT2D eigenvalue weighted by atomic mass is 32.1. The predicted octanol–water partition coefficient (Wildman–Crippen LogP) is 3.67. The van der Waals surface area contributed by atoms with Crippen molar-refractivity contribution in [2.24, 2.45) is 0 Å². The molecule has 0 radical (unpaired) electrons. The number of aryl methyl sites for hydroxylation is 1. The van der Waals surface area contributed by atoms with E-state index in [0.717, 1.165) is 11.1 Å². The van der Waals surface area contributed by atoms with Gasteiger partial charge in [0.15, 0.2) is 5.76 Å². The predicted molar refractivity (Wildman–Crippen MR) is 100 cm³/mol. The lowest BCUT2D eigenvalue weighted by Gasteiger charge is -2.27. The van der Waals surface area contributed by atoms with Crippen molar-refractivity contribution >= 4 is 23.0 Å². The molecule has 0 saturated carbocycles. The van der Waals surface area contributed by atoms with Gasteiger partial charge in [-0.2, -0.15) is 0 Å². The van der Waals surface area contributed by atoms with Crippen LogP contribution in [0.25, 0.3) is 0 Å². The second-order valence-corrected chi connectivity index (χ2v) is 7.12. The van der Waals surface area contributed by atoms with Crippen LogP contribution in [0.1, 0.15) is 33.3 Å². The van der Waals surface area contributed by atoms with Crippen LogP contribution in [0.4, 0.5) is 0 Å². The lowest BCUT2D eigenvalue weighted by atomic mass is 9.92. The summed E-state index contributed by atoms with van der Waals surface area (Å²) in [6, 6.07) is 10.5. The molecule has 1 unspecified atom stereocenters. The van der Waals surface area contributed by atoms with Gasteiger partial charge >= 0.3 is 0 Å². The number of hydrogen-bond donors (Lipinski definition) is 1. The normalized spacial score (nSPS) is 17.2. The monoisotopic (exact) mass is 371 g/mol. The molecule has 1 atom stereocenters. The molecule has 136 valence electrons. The number of nitrogens with zero attached hydrogens (tertiary/aromatic N) is 1. The number of amides is 1. The van der Waals surface area contributed by atoms with E-state index in [0.29, 0.717) is 24.4 Å². The third-order valence-corrected chi connectivity index (χ3v) is 5.39. The fraction of sp³-hybridized carbons (Fsp3) is 0.300. The summed E-state index contributed by atoms with van der Waals surface area (Å²) >= 11 is 1.30. The van der Waals surface area contributed by atoms with Gasteiger partial charge in [0.2, 0.25) is 5.78 Å². The Kier molecular flexibility index (Phi) is 5.54. The Morgan fingerprint density at radius 3 is 2.69 bits per heavy atom. The van der Waals surface area contributed by atoms with Crippen LogP contribution >= 0.6 is 11.3 Å². The summed E-state index contributed by atoms with van der Waals surface area (Å²) in [5.41, 5.74) is 1.97. The number of Topliss-reactive ketones (excluding diaryl/α,β-unsaturated/α-hetero) is 1. The SMILES string of the molecule is COCCCN1C(=O)C(O)=C(C(=O)c2cccs2)C1c1ccccc1C. The van der Waals surface area contributed by atoms with Crippen LogP contribution in [0.5, 0.6) is 0 Å². The first-order valence-electron chi connectivity index (χ1n) is 8.43. The maximum atomic E-state index is 13.0. The molecule has 1 aliphatic rings. The highest BCUT2D eigenvalue weighted by molar-refractivity contribution is 7.12. The van der Waals surface area contributed by atoms with Gasteiger partial charge in [0, 0.05) is 20.3 Å². The maximum Gasteiger partial charge on any atom is 0.290 e. The first kappa shape index (κ1) is 18.4. The summed E-state index contributed by atoms with van der Waals surface area (Å²) in [4.78, 5) is 27.8. The van der Waals surface area contributed by atoms with E-state index in [1.807, 2.05) is 31.2 Å².